The van der Waals surface area contributed by atoms with Crippen molar-refractivity contribution >= 4 is 0 Å². The lowest BCUT2D eigenvalue weighted by Gasteiger charge is -2.34. The molecule has 0 aliphatic carbocycles. The number of hydrogen-bond acceptors (Lipinski definition) is 3. The molecule has 18 heavy (non-hydrogen) atoms. The van der Waals surface area contributed by atoms with Crippen LogP contribution in [0.2, 0.25) is 0 Å². The van der Waals surface area contributed by atoms with E-state index in [1.165, 1.54) is 52.1 Å². The van der Waals surface area contributed by atoms with Crippen molar-refractivity contribution < 1.29 is 0 Å². The molecule has 0 unspecified atom stereocenters. The van der Waals surface area contributed by atoms with Crippen LogP contribution in [-0.2, 0) is 0 Å². The van der Waals surface area contributed by atoms with E-state index in [4.69, 9.17) is 5.73 Å². The molecule has 0 aromatic carbocycles. The van der Waals surface area contributed by atoms with Crippen molar-refractivity contribution in [3.63, 3.8) is 0 Å². The van der Waals surface area contributed by atoms with Crippen molar-refractivity contribution in [1.82, 2.24) is 9.80 Å². The Hall–Kier alpha value is -0.120. The average Bonchev–Trinajstić information content (AvgIpc) is 2.40. The smallest absolute Gasteiger partial charge is 0.0110 e. The third kappa shape index (κ3) is 8.90. The maximum absolute atomic E-state index is 5.53. The van der Waals surface area contributed by atoms with Gasteiger partial charge in [0, 0.05) is 26.2 Å². The van der Waals surface area contributed by atoms with Gasteiger partial charge in [0.1, 0.15) is 0 Å². The lowest BCUT2D eigenvalue weighted by atomic mass is 10.1. The minimum Gasteiger partial charge on any atom is -0.330 e. The van der Waals surface area contributed by atoms with Gasteiger partial charge in [-0.1, -0.05) is 27.7 Å². The quantitative estimate of drug-likeness (QED) is 0.760. The number of nitrogens with two attached hydrogens (primary N) is 1. The molecular weight excluding hydrogens is 222 g/mol. The van der Waals surface area contributed by atoms with E-state index in [9.17, 15) is 0 Å². The molecule has 0 aromatic rings. The lowest BCUT2D eigenvalue weighted by molar-refractivity contribution is 0.129. The summed E-state index contributed by atoms with van der Waals surface area (Å²) in [5.41, 5.74) is 5.53. The molecule has 110 valence electrons. The Bertz CT molecular complexity index is 163. The first kappa shape index (κ1) is 17.9. The summed E-state index contributed by atoms with van der Waals surface area (Å²) in [6, 6.07) is 0. The maximum atomic E-state index is 5.53. The fourth-order valence-corrected chi connectivity index (χ4v) is 2.27. The van der Waals surface area contributed by atoms with Crippen LogP contribution in [-0.4, -0.2) is 55.6 Å². The van der Waals surface area contributed by atoms with Gasteiger partial charge in [0.25, 0.3) is 0 Å². The van der Waals surface area contributed by atoms with Gasteiger partial charge in [-0.25, -0.2) is 0 Å². The summed E-state index contributed by atoms with van der Waals surface area (Å²) in [7, 11) is 0. The molecule has 1 fully saturated rings. The molecule has 2 N–H and O–H groups in total. The molecule has 1 heterocycles. The summed E-state index contributed by atoms with van der Waals surface area (Å²) >= 11 is 0. The second-order valence-electron chi connectivity index (χ2n) is 5.36. The van der Waals surface area contributed by atoms with Crippen molar-refractivity contribution in [2.24, 2.45) is 11.7 Å². The van der Waals surface area contributed by atoms with Crippen LogP contribution >= 0.6 is 0 Å². The van der Waals surface area contributed by atoms with Gasteiger partial charge in [-0.15, -0.1) is 0 Å². The molecule has 0 spiro atoms. The largest absolute Gasteiger partial charge is 0.330 e. The summed E-state index contributed by atoms with van der Waals surface area (Å²) in [6.45, 7) is 16.9. The van der Waals surface area contributed by atoms with E-state index in [0.29, 0.717) is 0 Å². The van der Waals surface area contributed by atoms with Gasteiger partial charge in [0.2, 0.25) is 0 Å². The molecular formula is C15H35N3. The lowest BCUT2D eigenvalue weighted by Crippen LogP contribution is -2.47. The normalized spacial score (nSPS) is 17.7. The van der Waals surface area contributed by atoms with Crippen molar-refractivity contribution in [2.45, 2.75) is 47.0 Å². The Morgan fingerprint density at radius 3 is 1.72 bits per heavy atom. The van der Waals surface area contributed by atoms with E-state index >= 15 is 0 Å². The average molecular weight is 257 g/mol. The van der Waals surface area contributed by atoms with E-state index in [1.807, 2.05) is 13.8 Å². The van der Waals surface area contributed by atoms with E-state index in [-0.39, 0.29) is 0 Å². The van der Waals surface area contributed by atoms with E-state index in [0.717, 1.165) is 18.9 Å². The van der Waals surface area contributed by atoms with Crippen molar-refractivity contribution in [2.75, 3.05) is 45.8 Å². The predicted octanol–water partition coefficient (Wildman–Crippen LogP) is 2.42. The molecule has 0 radical (unpaired) electrons. The first-order valence-corrected chi connectivity index (χ1v) is 7.87. The Morgan fingerprint density at radius 1 is 0.889 bits per heavy atom. The highest BCUT2D eigenvalue weighted by Crippen LogP contribution is 2.07. The zero-order valence-corrected chi connectivity index (χ0v) is 13.1. The van der Waals surface area contributed by atoms with Crippen LogP contribution in [0.1, 0.15) is 47.0 Å². The van der Waals surface area contributed by atoms with Crippen molar-refractivity contribution in [3.05, 3.63) is 0 Å². The van der Waals surface area contributed by atoms with Gasteiger partial charge in [-0.2, -0.15) is 0 Å². The van der Waals surface area contributed by atoms with Gasteiger partial charge in [-0.3, -0.25) is 0 Å². The summed E-state index contributed by atoms with van der Waals surface area (Å²) in [6.07, 6.45) is 3.88. The SMILES string of the molecule is CC.CC(C)CCCN1CCN(CCCN)CC1. The number of piperazine rings is 1. The zero-order chi connectivity index (χ0) is 13.8. The van der Waals surface area contributed by atoms with E-state index in [1.54, 1.807) is 0 Å². The molecule has 0 amide bonds. The third-order valence-corrected chi connectivity index (χ3v) is 3.40. The predicted molar refractivity (Wildman–Crippen MR) is 82.0 cm³/mol. The van der Waals surface area contributed by atoms with Crippen LogP contribution in [0.4, 0.5) is 0 Å². The molecule has 1 saturated heterocycles. The first-order valence-electron chi connectivity index (χ1n) is 7.87. The highest BCUT2D eigenvalue weighted by atomic mass is 15.3. The molecule has 0 bridgehead atoms. The second-order valence-corrected chi connectivity index (χ2v) is 5.36. The van der Waals surface area contributed by atoms with Crippen molar-refractivity contribution in [1.29, 1.82) is 0 Å². The third-order valence-electron chi connectivity index (χ3n) is 3.40. The van der Waals surface area contributed by atoms with Gasteiger partial charge >= 0.3 is 0 Å². The monoisotopic (exact) mass is 257 g/mol. The molecule has 0 atom stereocenters. The summed E-state index contributed by atoms with van der Waals surface area (Å²) in [4.78, 5) is 5.16. The summed E-state index contributed by atoms with van der Waals surface area (Å²) in [5, 5.41) is 0. The van der Waals surface area contributed by atoms with Crippen LogP contribution in [0, 0.1) is 5.92 Å². The van der Waals surface area contributed by atoms with Crippen LogP contribution in [0.5, 0.6) is 0 Å². The van der Waals surface area contributed by atoms with Crippen molar-refractivity contribution in [3.8, 4) is 0 Å². The molecule has 1 aliphatic rings. The Labute approximate surface area is 115 Å². The Morgan fingerprint density at radius 2 is 1.33 bits per heavy atom. The van der Waals surface area contributed by atoms with Gasteiger partial charge < -0.3 is 15.5 Å². The van der Waals surface area contributed by atoms with Crippen LogP contribution in [0.25, 0.3) is 0 Å². The highest BCUT2D eigenvalue weighted by molar-refractivity contribution is 4.71. The summed E-state index contributed by atoms with van der Waals surface area (Å²) in [5.74, 6) is 0.853. The van der Waals surface area contributed by atoms with Gasteiger partial charge in [0.05, 0.1) is 0 Å². The number of hydrogen-bond donors (Lipinski definition) is 1. The van der Waals surface area contributed by atoms with E-state index < -0.39 is 0 Å². The maximum Gasteiger partial charge on any atom is 0.0110 e. The van der Waals surface area contributed by atoms with Crippen LogP contribution < -0.4 is 5.73 Å². The second kappa shape index (κ2) is 11.9. The van der Waals surface area contributed by atoms with Crippen LogP contribution in [0.15, 0.2) is 0 Å². The fraction of sp³-hybridized carbons (Fsp3) is 1.00. The Kier molecular flexibility index (Phi) is 11.9. The molecule has 1 rings (SSSR count). The number of nitrogens with zero attached hydrogens (tertiary/aromatic N) is 2. The topological polar surface area (TPSA) is 32.5 Å². The van der Waals surface area contributed by atoms with Gasteiger partial charge in [-0.05, 0) is 44.8 Å². The molecule has 3 nitrogen and oxygen atoms in total. The molecule has 0 saturated carbocycles. The minimum absolute atomic E-state index is 0.828. The van der Waals surface area contributed by atoms with Gasteiger partial charge in [0.15, 0.2) is 0 Å². The molecule has 0 aromatic heterocycles. The Balaban J connectivity index is 0.00000137. The number of rotatable bonds is 7. The highest BCUT2D eigenvalue weighted by Gasteiger charge is 2.15. The van der Waals surface area contributed by atoms with Crippen LogP contribution in [0.3, 0.4) is 0 Å². The standard InChI is InChI=1S/C13H29N3.C2H6/c1-13(2)5-3-7-15-9-11-16(12-10-15)8-4-6-14;1-2/h13H,3-12,14H2,1-2H3;1-2H3. The summed E-state index contributed by atoms with van der Waals surface area (Å²) < 4.78 is 0. The molecule has 3 heteroatoms. The minimum atomic E-state index is 0.828. The fourth-order valence-electron chi connectivity index (χ4n) is 2.27. The van der Waals surface area contributed by atoms with E-state index in [2.05, 4.69) is 23.6 Å². The first-order chi connectivity index (χ1) is 8.72. The zero-order valence-electron chi connectivity index (χ0n) is 13.1. The molecule has 1 aliphatic heterocycles.